The number of methoxy groups -OCH3 is 1. The van der Waals surface area contributed by atoms with E-state index >= 15 is 0 Å². The lowest BCUT2D eigenvalue weighted by atomic mass is 10.2. The van der Waals surface area contributed by atoms with Crippen LogP contribution in [0.15, 0.2) is 12.1 Å². The summed E-state index contributed by atoms with van der Waals surface area (Å²) >= 11 is 5.87. The van der Waals surface area contributed by atoms with E-state index in [9.17, 15) is 9.90 Å². The van der Waals surface area contributed by atoms with Gasteiger partial charge >= 0.3 is 5.97 Å². The number of benzene rings is 1. The average molecular weight is 301 g/mol. The van der Waals surface area contributed by atoms with Crippen molar-refractivity contribution in [3.05, 3.63) is 22.7 Å². The Kier molecular flexibility index (Phi) is 4.73. The number of rotatable bonds is 5. The molecule has 1 N–H and O–H groups in total. The Morgan fingerprint density at radius 2 is 2.25 bits per heavy atom. The van der Waals surface area contributed by atoms with E-state index in [-0.39, 0.29) is 28.5 Å². The highest BCUT2D eigenvalue weighted by molar-refractivity contribution is 6.31. The van der Waals surface area contributed by atoms with Gasteiger partial charge in [-0.25, -0.2) is 4.79 Å². The Bertz CT molecular complexity index is 503. The van der Waals surface area contributed by atoms with E-state index < -0.39 is 5.97 Å². The Morgan fingerprint density at radius 3 is 2.80 bits per heavy atom. The molecule has 0 amide bonds. The van der Waals surface area contributed by atoms with Crippen molar-refractivity contribution in [2.24, 2.45) is 0 Å². The summed E-state index contributed by atoms with van der Waals surface area (Å²) in [7, 11) is 1.44. The molecule has 0 bridgehead atoms. The van der Waals surface area contributed by atoms with Crippen LogP contribution in [0.4, 0.5) is 0 Å². The normalized spacial score (nSPS) is 21.8. The Labute approximate surface area is 122 Å². The molecule has 0 aliphatic carbocycles. The molecular formula is C14H17ClO5. The molecule has 1 heterocycles. The molecule has 110 valence electrons. The van der Waals surface area contributed by atoms with Crippen molar-refractivity contribution in [2.75, 3.05) is 13.7 Å². The second kappa shape index (κ2) is 6.33. The first-order valence-corrected chi connectivity index (χ1v) is 6.78. The van der Waals surface area contributed by atoms with Crippen LogP contribution in [0.1, 0.15) is 30.1 Å². The lowest BCUT2D eigenvalue weighted by molar-refractivity contribution is 0.0253. The van der Waals surface area contributed by atoms with Crippen molar-refractivity contribution in [3.8, 4) is 11.5 Å². The summed E-state index contributed by atoms with van der Waals surface area (Å²) in [6.07, 6.45) is 2.08. The largest absolute Gasteiger partial charge is 0.493 e. The van der Waals surface area contributed by atoms with Crippen LogP contribution in [-0.2, 0) is 4.74 Å². The number of halogens is 1. The van der Waals surface area contributed by atoms with Gasteiger partial charge in [0.15, 0.2) is 11.5 Å². The molecule has 1 aliphatic rings. The Balaban J connectivity index is 2.18. The summed E-state index contributed by atoms with van der Waals surface area (Å²) in [6, 6.07) is 2.88. The highest BCUT2D eigenvalue weighted by Crippen LogP contribution is 2.35. The van der Waals surface area contributed by atoms with Gasteiger partial charge in [0.25, 0.3) is 0 Å². The van der Waals surface area contributed by atoms with Gasteiger partial charge in [-0.1, -0.05) is 11.6 Å². The maximum Gasteiger partial charge on any atom is 0.339 e. The second-order valence-electron chi connectivity index (χ2n) is 4.75. The number of aromatic carboxylic acids is 1. The minimum absolute atomic E-state index is 0.0135. The average Bonchev–Trinajstić information content (AvgIpc) is 2.81. The third-order valence-electron chi connectivity index (χ3n) is 3.20. The minimum atomic E-state index is -1.11. The van der Waals surface area contributed by atoms with Gasteiger partial charge < -0.3 is 19.3 Å². The first kappa shape index (κ1) is 14.9. The molecule has 2 unspecified atom stereocenters. The summed E-state index contributed by atoms with van der Waals surface area (Å²) in [5, 5.41) is 9.51. The van der Waals surface area contributed by atoms with Crippen LogP contribution in [0.5, 0.6) is 11.5 Å². The predicted molar refractivity (Wildman–Crippen MR) is 74.0 cm³/mol. The van der Waals surface area contributed by atoms with Gasteiger partial charge in [0.2, 0.25) is 0 Å². The molecule has 1 aromatic rings. The smallest absolute Gasteiger partial charge is 0.339 e. The Morgan fingerprint density at radius 1 is 1.50 bits per heavy atom. The van der Waals surface area contributed by atoms with Crippen LogP contribution in [0, 0.1) is 0 Å². The molecule has 2 atom stereocenters. The van der Waals surface area contributed by atoms with Crippen molar-refractivity contribution in [1.29, 1.82) is 0 Å². The molecule has 1 aliphatic heterocycles. The predicted octanol–water partition coefficient (Wildman–Crippen LogP) is 2.99. The van der Waals surface area contributed by atoms with Gasteiger partial charge in [-0.15, -0.1) is 0 Å². The van der Waals surface area contributed by atoms with E-state index in [2.05, 4.69) is 0 Å². The van der Waals surface area contributed by atoms with E-state index in [0.717, 1.165) is 12.8 Å². The quantitative estimate of drug-likeness (QED) is 0.905. The maximum absolute atomic E-state index is 11.3. The third kappa shape index (κ3) is 3.35. The van der Waals surface area contributed by atoms with Crippen molar-refractivity contribution in [3.63, 3.8) is 0 Å². The summed E-state index contributed by atoms with van der Waals surface area (Å²) in [6.45, 7) is 2.30. The van der Waals surface area contributed by atoms with E-state index in [0.29, 0.717) is 12.4 Å². The van der Waals surface area contributed by atoms with E-state index in [1.807, 2.05) is 6.92 Å². The minimum Gasteiger partial charge on any atom is -0.493 e. The maximum atomic E-state index is 11.3. The second-order valence-corrected chi connectivity index (χ2v) is 5.18. The number of carboxylic acids is 1. The molecule has 6 heteroatoms. The van der Waals surface area contributed by atoms with Gasteiger partial charge in [-0.2, -0.15) is 0 Å². The molecule has 0 radical (unpaired) electrons. The highest BCUT2D eigenvalue weighted by Gasteiger charge is 2.24. The van der Waals surface area contributed by atoms with Crippen LogP contribution in [-0.4, -0.2) is 37.0 Å². The molecule has 1 fully saturated rings. The van der Waals surface area contributed by atoms with Crippen molar-refractivity contribution < 1.29 is 24.1 Å². The van der Waals surface area contributed by atoms with Gasteiger partial charge in [0, 0.05) is 11.1 Å². The molecule has 1 aromatic carbocycles. The number of carboxylic acid groups (broad SMARTS) is 1. The standard InChI is InChI=1S/C14H17ClO5/c1-8-3-4-10(20-8)7-19-13-11(14(16)17)5-9(15)6-12(13)18-2/h5-6,8,10H,3-4,7H2,1-2H3,(H,16,17). The zero-order chi connectivity index (χ0) is 14.7. The highest BCUT2D eigenvalue weighted by atomic mass is 35.5. The molecule has 0 aromatic heterocycles. The number of carbonyl (C=O) groups is 1. The van der Waals surface area contributed by atoms with Crippen LogP contribution in [0.25, 0.3) is 0 Å². The molecule has 0 saturated carbocycles. The molecular weight excluding hydrogens is 284 g/mol. The lowest BCUT2D eigenvalue weighted by Gasteiger charge is -2.16. The molecule has 0 spiro atoms. The van der Waals surface area contributed by atoms with Crippen molar-refractivity contribution in [2.45, 2.75) is 32.0 Å². The van der Waals surface area contributed by atoms with Gasteiger partial charge in [-0.05, 0) is 25.8 Å². The number of ether oxygens (including phenoxy) is 3. The van der Waals surface area contributed by atoms with Gasteiger partial charge in [0.1, 0.15) is 12.2 Å². The van der Waals surface area contributed by atoms with Gasteiger partial charge in [-0.3, -0.25) is 0 Å². The van der Waals surface area contributed by atoms with Crippen LogP contribution in [0.3, 0.4) is 0 Å². The van der Waals surface area contributed by atoms with Crippen LogP contribution < -0.4 is 9.47 Å². The fourth-order valence-corrected chi connectivity index (χ4v) is 2.42. The number of hydrogen-bond acceptors (Lipinski definition) is 4. The SMILES string of the molecule is COc1cc(Cl)cc(C(=O)O)c1OCC1CCC(C)O1. The fourth-order valence-electron chi connectivity index (χ4n) is 2.21. The summed E-state index contributed by atoms with van der Waals surface area (Å²) in [5.41, 5.74) is -0.0135. The van der Waals surface area contributed by atoms with Crippen LogP contribution in [0.2, 0.25) is 5.02 Å². The topological polar surface area (TPSA) is 65.0 Å². The van der Waals surface area contributed by atoms with E-state index in [1.165, 1.54) is 19.2 Å². The molecule has 1 saturated heterocycles. The van der Waals surface area contributed by atoms with Crippen molar-refractivity contribution >= 4 is 17.6 Å². The first-order chi connectivity index (χ1) is 9.51. The van der Waals surface area contributed by atoms with Crippen molar-refractivity contribution in [1.82, 2.24) is 0 Å². The van der Waals surface area contributed by atoms with Crippen LogP contribution >= 0.6 is 11.6 Å². The molecule has 5 nitrogen and oxygen atoms in total. The van der Waals surface area contributed by atoms with Gasteiger partial charge in [0.05, 0.1) is 19.3 Å². The summed E-state index contributed by atoms with van der Waals surface area (Å²) in [4.78, 5) is 11.3. The summed E-state index contributed by atoms with van der Waals surface area (Å²) in [5.74, 6) is -0.616. The zero-order valence-corrected chi connectivity index (χ0v) is 12.1. The first-order valence-electron chi connectivity index (χ1n) is 6.40. The Hall–Kier alpha value is -1.46. The van der Waals surface area contributed by atoms with E-state index in [4.69, 9.17) is 25.8 Å². The zero-order valence-electron chi connectivity index (χ0n) is 11.4. The summed E-state index contributed by atoms with van der Waals surface area (Å²) < 4.78 is 16.4. The molecule has 2 rings (SSSR count). The van der Waals surface area contributed by atoms with E-state index in [1.54, 1.807) is 0 Å². The number of hydrogen-bond donors (Lipinski definition) is 1. The lowest BCUT2D eigenvalue weighted by Crippen LogP contribution is -2.19. The third-order valence-corrected chi connectivity index (χ3v) is 3.42. The monoisotopic (exact) mass is 300 g/mol. The molecule has 20 heavy (non-hydrogen) atoms. The fraction of sp³-hybridized carbons (Fsp3) is 0.500.